The van der Waals surface area contributed by atoms with Crippen LogP contribution >= 0.6 is 11.6 Å². The topological polar surface area (TPSA) is 47.5 Å². The van der Waals surface area contributed by atoms with Crippen LogP contribution in [0.2, 0.25) is 5.28 Å². The van der Waals surface area contributed by atoms with Gasteiger partial charge in [-0.15, -0.1) is 0 Å². The van der Waals surface area contributed by atoms with E-state index in [9.17, 15) is 0 Å². The lowest BCUT2D eigenvalue weighted by molar-refractivity contribution is 0.353. The second-order valence-electron chi connectivity index (χ2n) is 5.98. The summed E-state index contributed by atoms with van der Waals surface area (Å²) in [6, 6.07) is 12.1. The third-order valence-corrected chi connectivity index (χ3v) is 4.74. The molecule has 0 spiro atoms. The Morgan fingerprint density at radius 1 is 1.00 bits per heavy atom. The summed E-state index contributed by atoms with van der Waals surface area (Å²) >= 11 is 6.15. The average molecular weight is 356 g/mol. The molecule has 3 aromatic rings. The normalized spacial score (nSPS) is 13.6. The molecule has 0 saturated carbocycles. The molecule has 0 amide bonds. The molecule has 0 saturated heterocycles. The molecule has 0 aliphatic carbocycles. The zero-order valence-corrected chi connectivity index (χ0v) is 14.9. The van der Waals surface area contributed by atoms with Crippen molar-refractivity contribution in [3.63, 3.8) is 0 Å². The van der Waals surface area contributed by atoms with Crippen LogP contribution in [0.25, 0.3) is 10.9 Å². The molecule has 1 aliphatic heterocycles. The summed E-state index contributed by atoms with van der Waals surface area (Å²) in [6.07, 6.45) is 0.908. The summed E-state index contributed by atoms with van der Waals surface area (Å²) in [4.78, 5) is 11.1. The first-order chi connectivity index (χ1) is 12.2. The first-order valence-corrected chi connectivity index (χ1v) is 8.48. The smallest absolute Gasteiger partial charge is 0.224 e. The van der Waals surface area contributed by atoms with Crippen molar-refractivity contribution >= 4 is 28.3 Å². The zero-order chi connectivity index (χ0) is 17.4. The molecule has 1 aromatic heterocycles. The van der Waals surface area contributed by atoms with Crippen molar-refractivity contribution in [2.75, 3.05) is 25.7 Å². The van der Waals surface area contributed by atoms with E-state index in [-0.39, 0.29) is 5.28 Å². The summed E-state index contributed by atoms with van der Waals surface area (Å²) < 4.78 is 10.9. The lowest BCUT2D eigenvalue weighted by Crippen LogP contribution is -2.31. The molecule has 0 N–H and O–H groups in total. The van der Waals surface area contributed by atoms with Gasteiger partial charge in [-0.1, -0.05) is 12.1 Å². The van der Waals surface area contributed by atoms with Gasteiger partial charge in [0.25, 0.3) is 0 Å². The van der Waals surface area contributed by atoms with E-state index < -0.39 is 0 Å². The Hall–Kier alpha value is -2.53. The Morgan fingerprint density at radius 3 is 2.48 bits per heavy atom. The van der Waals surface area contributed by atoms with E-state index in [2.05, 4.69) is 20.9 Å². The first kappa shape index (κ1) is 16.0. The van der Waals surface area contributed by atoms with Gasteiger partial charge in [0.1, 0.15) is 5.82 Å². The van der Waals surface area contributed by atoms with Crippen molar-refractivity contribution in [3.05, 3.63) is 52.8 Å². The van der Waals surface area contributed by atoms with Crippen molar-refractivity contribution in [2.24, 2.45) is 0 Å². The highest BCUT2D eigenvalue weighted by Crippen LogP contribution is 2.35. The van der Waals surface area contributed by atoms with Crippen LogP contribution in [0.3, 0.4) is 0 Å². The summed E-state index contributed by atoms with van der Waals surface area (Å²) in [7, 11) is 3.32. The van der Waals surface area contributed by atoms with Gasteiger partial charge >= 0.3 is 0 Å². The van der Waals surface area contributed by atoms with Gasteiger partial charge in [-0.05, 0) is 53.4 Å². The van der Waals surface area contributed by atoms with Crippen molar-refractivity contribution in [1.29, 1.82) is 0 Å². The minimum absolute atomic E-state index is 0.270. The molecule has 5 nitrogen and oxygen atoms in total. The number of hydrogen-bond acceptors (Lipinski definition) is 5. The number of nitrogens with zero attached hydrogens (tertiary/aromatic N) is 3. The molecule has 2 aromatic carbocycles. The molecule has 0 atom stereocenters. The molecule has 6 heteroatoms. The Kier molecular flexibility index (Phi) is 4.09. The monoisotopic (exact) mass is 355 g/mol. The average Bonchev–Trinajstić information content (AvgIpc) is 2.65. The third kappa shape index (κ3) is 2.85. The molecular weight excluding hydrogens is 338 g/mol. The van der Waals surface area contributed by atoms with Crippen molar-refractivity contribution in [2.45, 2.75) is 13.0 Å². The number of para-hydroxylation sites is 1. The van der Waals surface area contributed by atoms with Crippen LogP contribution < -0.4 is 14.4 Å². The molecule has 0 bridgehead atoms. The van der Waals surface area contributed by atoms with Gasteiger partial charge in [-0.2, -0.15) is 4.98 Å². The van der Waals surface area contributed by atoms with Crippen LogP contribution in [0.1, 0.15) is 11.1 Å². The molecule has 25 heavy (non-hydrogen) atoms. The number of rotatable bonds is 3. The predicted molar refractivity (Wildman–Crippen MR) is 98.8 cm³/mol. The first-order valence-electron chi connectivity index (χ1n) is 8.10. The largest absolute Gasteiger partial charge is 0.493 e. The van der Waals surface area contributed by atoms with E-state index in [0.717, 1.165) is 47.7 Å². The molecule has 4 rings (SSSR count). The Morgan fingerprint density at radius 2 is 1.72 bits per heavy atom. The van der Waals surface area contributed by atoms with E-state index in [0.29, 0.717) is 0 Å². The van der Waals surface area contributed by atoms with Crippen LogP contribution in [-0.2, 0) is 13.0 Å². The maximum atomic E-state index is 6.15. The van der Waals surface area contributed by atoms with E-state index in [1.165, 1.54) is 11.1 Å². The third-order valence-electron chi connectivity index (χ3n) is 4.57. The lowest BCUT2D eigenvalue weighted by atomic mass is 9.98. The molecule has 0 unspecified atom stereocenters. The Balaban J connectivity index is 1.76. The summed E-state index contributed by atoms with van der Waals surface area (Å²) in [5, 5.41) is 1.28. The van der Waals surface area contributed by atoms with Gasteiger partial charge in [0.05, 0.1) is 19.7 Å². The fraction of sp³-hybridized carbons (Fsp3) is 0.263. The summed E-state index contributed by atoms with van der Waals surface area (Å²) in [6.45, 7) is 1.60. The zero-order valence-electron chi connectivity index (χ0n) is 14.1. The molecular formula is C19H18ClN3O2. The number of ether oxygens (including phenoxy) is 2. The van der Waals surface area contributed by atoms with Gasteiger partial charge in [-0.3, -0.25) is 0 Å². The van der Waals surface area contributed by atoms with Crippen LogP contribution in [0.5, 0.6) is 11.5 Å². The van der Waals surface area contributed by atoms with E-state index in [1.54, 1.807) is 14.2 Å². The van der Waals surface area contributed by atoms with Crippen LogP contribution in [0, 0.1) is 0 Å². The van der Waals surface area contributed by atoms with Gasteiger partial charge in [0.15, 0.2) is 11.5 Å². The number of methoxy groups -OCH3 is 2. The quantitative estimate of drug-likeness (QED) is 0.667. The Bertz CT molecular complexity index is 945. The van der Waals surface area contributed by atoms with Crippen molar-refractivity contribution in [3.8, 4) is 11.5 Å². The van der Waals surface area contributed by atoms with Crippen LogP contribution in [0.15, 0.2) is 36.4 Å². The van der Waals surface area contributed by atoms with Crippen LogP contribution in [-0.4, -0.2) is 30.7 Å². The predicted octanol–water partition coefficient (Wildman–Crippen LogP) is 3.86. The van der Waals surface area contributed by atoms with E-state index in [1.807, 2.05) is 30.3 Å². The van der Waals surface area contributed by atoms with Crippen molar-refractivity contribution in [1.82, 2.24) is 9.97 Å². The number of aromatic nitrogens is 2. The van der Waals surface area contributed by atoms with E-state index >= 15 is 0 Å². The number of halogens is 1. The van der Waals surface area contributed by atoms with Gasteiger partial charge in [0, 0.05) is 18.5 Å². The number of fused-ring (bicyclic) bond motifs is 2. The second kappa shape index (κ2) is 6.41. The molecule has 0 fully saturated rings. The van der Waals surface area contributed by atoms with Crippen LogP contribution in [0.4, 0.5) is 5.82 Å². The highest BCUT2D eigenvalue weighted by atomic mass is 35.5. The Labute approximate surface area is 151 Å². The second-order valence-corrected chi connectivity index (χ2v) is 6.32. The minimum atomic E-state index is 0.270. The molecule has 1 aliphatic rings. The van der Waals surface area contributed by atoms with Gasteiger partial charge in [0.2, 0.25) is 5.28 Å². The number of hydrogen-bond donors (Lipinski definition) is 0. The fourth-order valence-corrected chi connectivity index (χ4v) is 3.51. The van der Waals surface area contributed by atoms with E-state index in [4.69, 9.17) is 21.1 Å². The maximum absolute atomic E-state index is 6.15. The number of anilines is 1. The van der Waals surface area contributed by atoms with Crippen molar-refractivity contribution < 1.29 is 9.47 Å². The molecule has 0 radical (unpaired) electrons. The highest BCUT2D eigenvalue weighted by molar-refractivity contribution is 6.28. The minimum Gasteiger partial charge on any atom is -0.493 e. The van der Waals surface area contributed by atoms with Gasteiger partial charge in [-0.25, -0.2) is 4.98 Å². The highest BCUT2D eigenvalue weighted by Gasteiger charge is 2.22. The lowest BCUT2D eigenvalue weighted by Gasteiger charge is -2.31. The summed E-state index contributed by atoms with van der Waals surface area (Å²) in [5.41, 5.74) is 3.34. The standard InChI is InChI=1S/C19H18ClN3O2/c1-24-16-9-12-7-8-23(11-13(12)10-17(16)25-2)18-14-5-3-4-6-15(14)21-19(20)22-18/h3-6,9-10H,7-8,11H2,1-2H3. The van der Waals surface area contributed by atoms with Gasteiger partial charge < -0.3 is 14.4 Å². The maximum Gasteiger partial charge on any atom is 0.224 e. The fourth-order valence-electron chi connectivity index (χ4n) is 3.34. The molecule has 2 heterocycles. The molecule has 128 valence electrons. The SMILES string of the molecule is COc1cc2c(cc1OC)CN(c1nc(Cl)nc3ccccc13)CC2. The summed E-state index contributed by atoms with van der Waals surface area (Å²) in [5.74, 6) is 2.38. The number of benzene rings is 2.